The highest BCUT2D eigenvalue weighted by molar-refractivity contribution is 6.11. The fourth-order valence-corrected chi connectivity index (χ4v) is 2.30. The summed E-state index contributed by atoms with van der Waals surface area (Å²) in [5.74, 6) is 7.36. The van der Waals surface area contributed by atoms with Gasteiger partial charge in [-0.15, -0.1) is 0 Å². The summed E-state index contributed by atoms with van der Waals surface area (Å²) >= 11 is 0. The molecule has 0 unspecified atom stereocenters. The maximum absolute atomic E-state index is 12.7. The molecule has 0 aliphatic carbocycles. The van der Waals surface area contributed by atoms with E-state index in [2.05, 4.69) is 23.7 Å². The van der Waals surface area contributed by atoms with Crippen molar-refractivity contribution in [2.24, 2.45) is 0 Å². The Balaban J connectivity index is 2.06. The maximum atomic E-state index is 12.7. The molecular weight excluding hydrogens is 424 g/mol. The second-order valence-corrected chi connectivity index (χ2v) is 6.10. The smallest absolute Gasteiger partial charge is 0.335 e. The van der Waals surface area contributed by atoms with Crippen molar-refractivity contribution >= 4 is 23.5 Å². The largest absolute Gasteiger partial charge is 0.478 e. The van der Waals surface area contributed by atoms with Crippen LogP contribution in [0, 0.1) is 29.1 Å². The number of nitrogens with one attached hydrogen (secondary N) is 3. The summed E-state index contributed by atoms with van der Waals surface area (Å²) in [5, 5.41) is 26.6. The monoisotopic (exact) mass is 439 g/mol. The minimum absolute atomic E-state index is 0.0120. The number of alkyl halides is 2. The third-order valence-electron chi connectivity index (χ3n) is 3.95. The molecule has 0 spiro atoms. The van der Waals surface area contributed by atoms with Crippen molar-refractivity contribution in [2.45, 2.75) is 12.5 Å². The number of hydrogen-bond acceptors (Lipinski definition) is 5. The minimum Gasteiger partial charge on any atom is -0.478 e. The lowest BCUT2D eigenvalue weighted by Crippen LogP contribution is -2.52. The SMILES string of the molecule is N=C(C(F)F)[C@H](NC(=O)c1ccc(C#CC#Cc2ccc(C(=O)O)cc2)cc1)C(=O)NO. The predicted molar refractivity (Wildman–Crippen MR) is 109 cm³/mol. The zero-order chi connectivity index (χ0) is 23.7. The molecule has 162 valence electrons. The molecule has 0 aromatic heterocycles. The molecule has 0 heterocycles. The van der Waals surface area contributed by atoms with Crippen LogP contribution in [0.25, 0.3) is 0 Å². The lowest BCUT2D eigenvalue weighted by Gasteiger charge is -2.17. The second kappa shape index (κ2) is 11.0. The molecule has 0 aliphatic rings. The van der Waals surface area contributed by atoms with Crippen LogP contribution >= 0.6 is 0 Å². The van der Waals surface area contributed by atoms with Gasteiger partial charge in [-0.1, -0.05) is 11.8 Å². The molecule has 2 aromatic rings. The summed E-state index contributed by atoms with van der Waals surface area (Å²) in [5.41, 5.74) is 0.973. The van der Waals surface area contributed by atoms with Gasteiger partial charge in [0.2, 0.25) is 0 Å². The van der Waals surface area contributed by atoms with Gasteiger partial charge in [-0.05, 0) is 60.4 Å². The lowest BCUT2D eigenvalue weighted by molar-refractivity contribution is -0.129. The second-order valence-electron chi connectivity index (χ2n) is 6.10. The summed E-state index contributed by atoms with van der Waals surface area (Å²) in [7, 11) is 0. The Morgan fingerprint density at radius 3 is 1.75 bits per heavy atom. The molecule has 0 bridgehead atoms. The number of amides is 2. The van der Waals surface area contributed by atoms with Gasteiger partial charge in [-0.25, -0.2) is 19.1 Å². The van der Waals surface area contributed by atoms with Crippen LogP contribution in [0.2, 0.25) is 0 Å². The number of rotatable bonds is 6. The van der Waals surface area contributed by atoms with E-state index in [4.69, 9.17) is 15.7 Å². The van der Waals surface area contributed by atoms with E-state index in [9.17, 15) is 23.2 Å². The van der Waals surface area contributed by atoms with Crippen LogP contribution in [0.3, 0.4) is 0 Å². The van der Waals surface area contributed by atoms with E-state index < -0.39 is 36.0 Å². The summed E-state index contributed by atoms with van der Waals surface area (Å²) in [4.78, 5) is 34.5. The van der Waals surface area contributed by atoms with Crippen LogP contribution in [0.4, 0.5) is 8.78 Å². The van der Waals surface area contributed by atoms with Crippen molar-refractivity contribution in [1.82, 2.24) is 10.8 Å². The van der Waals surface area contributed by atoms with Crippen molar-refractivity contribution in [3.63, 3.8) is 0 Å². The molecule has 2 aromatic carbocycles. The van der Waals surface area contributed by atoms with Gasteiger partial charge in [-0.3, -0.25) is 14.8 Å². The fraction of sp³-hybridized carbons (Fsp3) is 0.0909. The maximum Gasteiger partial charge on any atom is 0.335 e. The van der Waals surface area contributed by atoms with E-state index in [0.29, 0.717) is 11.1 Å². The molecule has 0 fully saturated rings. The molecule has 0 saturated heterocycles. The fourth-order valence-electron chi connectivity index (χ4n) is 2.30. The Bertz CT molecular complexity index is 1150. The highest BCUT2D eigenvalue weighted by Gasteiger charge is 2.30. The third kappa shape index (κ3) is 6.49. The normalized spacial score (nSPS) is 10.6. The Hall–Kier alpha value is -4.54. The van der Waals surface area contributed by atoms with Gasteiger partial charge in [0.1, 0.15) is 5.71 Å². The van der Waals surface area contributed by atoms with Gasteiger partial charge in [0, 0.05) is 16.7 Å². The number of carboxylic acids is 1. The van der Waals surface area contributed by atoms with Crippen LogP contribution < -0.4 is 10.8 Å². The molecule has 2 amide bonds. The zero-order valence-corrected chi connectivity index (χ0v) is 16.1. The van der Waals surface area contributed by atoms with Crippen molar-refractivity contribution in [3.8, 4) is 23.7 Å². The highest BCUT2D eigenvalue weighted by atomic mass is 19.3. The van der Waals surface area contributed by atoms with Gasteiger partial charge < -0.3 is 15.8 Å². The van der Waals surface area contributed by atoms with Gasteiger partial charge >= 0.3 is 5.97 Å². The number of benzene rings is 2. The van der Waals surface area contributed by atoms with E-state index >= 15 is 0 Å². The van der Waals surface area contributed by atoms with Gasteiger partial charge in [-0.2, -0.15) is 0 Å². The van der Waals surface area contributed by atoms with E-state index in [1.807, 2.05) is 5.32 Å². The quantitative estimate of drug-likeness (QED) is 0.202. The molecule has 0 radical (unpaired) electrons. The summed E-state index contributed by atoms with van der Waals surface area (Å²) in [6, 6.07) is 9.48. The van der Waals surface area contributed by atoms with E-state index in [1.54, 1.807) is 12.1 Å². The Labute approximate surface area is 180 Å². The number of carbonyl (C=O) groups excluding carboxylic acids is 2. The summed E-state index contributed by atoms with van der Waals surface area (Å²) in [6.45, 7) is 0. The first-order valence-corrected chi connectivity index (χ1v) is 8.79. The van der Waals surface area contributed by atoms with Crippen molar-refractivity contribution < 1.29 is 33.5 Å². The first kappa shape index (κ1) is 23.7. The highest BCUT2D eigenvalue weighted by Crippen LogP contribution is 2.06. The number of halogens is 2. The zero-order valence-electron chi connectivity index (χ0n) is 16.1. The van der Waals surface area contributed by atoms with E-state index in [0.717, 1.165) is 5.48 Å². The summed E-state index contributed by atoms with van der Waals surface area (Å²) in [6.07, 6.45) is -3.30. The lowest BCUT2D eigenvalue weighted by atomic mass is 10.1. The van der Waals surface area contributed by atoms with Crippen LogP contribution in [0.5, 0.6) is 0 Å². The Morgan fingerprint density at radius 2 is 1.34 bits per heavy atom. The Morgan fingerprint density at radius 1 is 0.875 bits per heavy atom. The van der Waals surface area contributed by atoms with Crippen LogP contribution in [0.15, 0.2) is 48.5 Å². The molecule has 10 heteroatoms. The van der Waals surface area contributed by atoms with Crippen molar-refractivity contribution in [3.05, 3.63) is 70.8 Å². The third-order valence-corrected chi connectivity index (χ3v) is 3.95. The number of carbonyl (C=O) groups is 3. The molecule has 5 N–H and O–H groups in total. The topological polar surface area (TPSA) is 140 Å². The number of hydrogen-bond donors (Lipinski definition) is 5. The standard InChI is InChI=1S/C22H15F2N3O5/c23-19(24)17(25)18(21(29)27-32)26-20(28)15-9-5-13(6-10-15)3-1-2-4-14-7-11-16(12-8-14)22(30)31/h5-12,18-19,25,32H,(H,26,28)(H,27,29)(H,30,31)/t18-/m0/s1. The van der Waals surface area contributed by atoms with Crippen LogP contribution in [0.1, 0.15) is 31.8 Å². The number of aromatic carboxylic acids is 1. The van der Waals surface area contributed by atoms with Gasteiger partial charge in [0.15, 0.2) is 6.04 Å². The Kier molecular flexibility index (Phi) is 8.17. The predicted octanol–water partition coefficient (Wildman–Crippen LogP) is 1.68. The van der Waals surface area contributed by atoms with Crippen LogP contribution in [-0.2, 0) is 4.79 Å². The van der Waals surface area contributed by atoms with Gasteiger partial charge in [0.05, 0.1) is 5.56 Å². The van der Waals surface area contributed by atoms with E-state index in [1.165, 1.54) is 36.4 Å². The average Bonchev–Trinajstić information content (AvgIpc) is 2.79. The number of carboxylic acid groups (broad SMARTS) is 1. The van der Waals surface area contributed by atoms with E-state index in [-0.39, 0.29) is 11.1 Å². The summed E-state index contributed by atoms with van der Waals surface area (Å²) < 4.78 is 25.4. The first-order chi connectivity index (χ1) is 15.2. The van der Waals surface area contributed by atoms with Crippen molar-refractivity contribution in [2.75, 3.05) is 0 Å². The molecule has 0 saturated carbocycles. The first-order valence-electron chi connectivity index (χ1n) is 8.79. The molecule has 2 rings (SSSR count). The van der Waals surface area contributed by atoms with Gasteiger partial charge in [0.25, 0.3) is 18.2 Å². The molecule has 0 aliphatic heterocycles. The molecule has 32 heavy (non-hydrogen) atoms. The average molecular weight is 439 g/mol. The molecule has 8 nitrogen and oxygen atoms in total. The van der Waals surface area contributed by atoms with Crippen LogP contribution in [-0.4, -0.2) is 46.3 Å². The van der Waals surface area contributed by atoms with Crippen molar-refractivity contribution in [1.29, 1.82) is 5.41 Å². The minimum atomic E-state index is -3.30. The molecular formula is C22H15F2N3O5. The number of hydroxylamine groups is 1. The molecule has 1 atom stereocenters.